The molecule has 22 heavy (non-hydrogen) atoms. The third-order valence-electron chi connectivity index (χ3n) is 5.14. The van der Waals surface area contributed by atoms with Gasteiger partial charge in [0, 0.05) is 5.92 Å². The molecule has 0 aromatic rings. The van der Waals surface area contributed by atoms with E-state index in [4.69, 9.17) is 0 Å². The minimum atomic E-state index is -5.42. The number of alkyl halides is 5. The van der Waals surface area contributed by atoms with Crippen LogP contribution in [0.4, 0.5) is 22.0 Å². The van der Waals surface area contributed by atoms with Crippen molar-refractivity contribution in [2.75, 3.05) is 0 Å². The molecule has 0 N–H and O–H groups in total. The van der Waals surface area contributed by atoms with Gasteiger partial charge in [0.05, 0.1) is 0 Å². The fraction of sp³-hybridized carbons (Fsp3) is 1.00. The van der Waals surface area contributed by atoms with Crippen molar-refractivity contribution in [1.82, 2.24) is 0 Å². The van der Waals surface area contributed by atoms with Crippen LogP contribution in [0.3, 0.4) is 0 Å². The van der Waals surface area contributed by atoms with Crippen LogP contribution in [-0.4, -0.2) is 12.1 Å². The van der Waals surface area contributed by atoms with Gasteiger partial charge >= 0.3 is 12.1 Å². The van der Waals surface area contributed by atoms with Crippen molar-refractivity contribution in [3.63, 3.8) is 0 Å². The van der Waals surface area contributed by atoms with Gasteiger partial charge in [-0.3, -0.25) is 0 Å². The quantitative estimate of drug-likeness (QED) is 0.316. The predicted molar refractivity (Wildman–Crippen MR) is 79.0 cm³/mol. The van der Waals surface area contributed by atoms with Crippen LogP contribution in [-0.2, 0) is 0 Å². The number of rotatable bonds is 9. The molecule has 0 aliphatic heterocycles. The van der Waals surface area contributed by atoms with E-state index in [0.717, 1.165) is 38.5 Å². The van der Waals surface area contributed by atoms with Gasteiger partial charge in [0.1, 0.15) is 0 Å². The second kappa shape index (κ2) is 8.49. The largest absolute Gasteiger partial charge is 0.453 e. The minimum absolute atomic E-state index is 0.0170. The van der Waals surface area contributed by atoms with Gasteiger partial charge in [-0.1, -0.05) is 58.8 Å². The molecule has 0 heterocycles. The predicted octanol–water partition coefficient (Wildman–Crippen LogP) is 6.99. The Labute approximate surface area is 130 Å². The van der Waals surface area contributed by atoms with Crippen molar-refractivity contribution in [3.8, 4) is 0 Å². The number of halogens is 5. The molecule has 1 aliphatic carbocycles. The molecule has 0 aromatic heterocycles. The van der Waals surface area contributed by atoms with Gasteiger partial charge in [-0.2, -0.15) is 22.0 Å². The Bertz CT molecular complexity index is 311. The zero-order valence-electron chi connectivity index (χ0n) is 13.7. The summed E-state index contributed by atoms with van der Waals surface area (Å²) in [5.41, 5.74) is 0. The third kappa shape index (κ3) is 5.09. The van der Waals surface area contributed by atoms with Crippen LogP contribution < -0.4 is 0 Å². The molecule has 1 aliphatic rings. The maximum Gasteiger partial charge on any atom is 0.453 e. The van der Waals surface area contributed by atoms with Gasteiger partial charge in [0.15, 0.2) is 0 Å². The van der Waals surface area contributed by atoms with Crippen LogP contribution in [0.1, 0.15) is 78.1 Å². The van der Waals surface area contributed by atoms with Gasteiger partial charge in [-0.25, -0.2) is 0 Å². The SMILES string of the molecule is CCCCCCCCC1CC(CC)CC1C(F)(F)C(F)(F)F. The molecule has 1 fully saturated rings. The standard InChI is InChI=1S/C17H29F5/c1-3-5-6-7-8-9-10-14-11-13(4-2)12-15(14)16(18,19)17(20,21)22/h13-15H,3-12H2,1-2H3. The highest BCUT2D eigenvalue weighted by atomic mass is 19.4. The van der Waals surface area contributed by atoms with Gasteiger partial charge in [0.2, 0.25) is 0 Å². The summed E-state index contributed by atoms with van der Waals surface area (Å²) < 4.78 is 65.5. The van der Waals surface area contributed by atoms with Crippen LogP contribution in [0, 0.1) is 17.8 Å². The van der Waals surface area contributed by atoms with E-state index in [1.165, 1.54) is 0 Å². The monoisotopic (exact) mass is 328 g/mol. The topological polar surface area (TPSA) is 0 Å². The highest BCUT2D eigenvalue weighted by Gasteiger charge is 2.64. The van der Waals surface area contributed by atoms with E-state index >= 15 is 0 Å². The Morgan fingerprint density at radius 3 is 1.95 bits per heavy atom. The first-order chi connectivity index (χ1) is 10.2. The maximum absolute atomic E-state index is 13.7. The summed E-state index contributed by atoms with van der Waals surface area (Å²) in [4.78, 5) is 0. The van der Waals surface area contributed by atoms with Crippen molar-refractivity contribution in [3.05, 3.63) is 0 Å². The molecule has 3 atom stereocenters. The first-order valence-electron chi connectivity index (χ1n) is 8.68. The summed E-state index contributed by atoms with van der Waals surface area (Å²) in [5, 5.41) is 0. The minimum Gasteiger partial charge on any atom is -0.196 e. The molecular formula is C17H29F5. The molecule has 0 radical (unpaired) electrons. The Morgan fingerprint density at radius 1 is 0.818 bits per heavy atom. The van der Waals surface area contributed by atoms with Gasteiger partial charge in [-0.05, 0) is 31.1 Å². The average Bonchev–Trinajstić information content (AvgIpc) is 2.85. The first kappa shape index (κ1) is 19.7. The Hall–Kier alpha value is -0.350. The molecule has 3 unspecified atom stereocenters. The van der Waals surface area contributed by atoms with Gasteiger partial charge < -0.3 is 0 Å². The Balaban J connectivity index is 2.54. The maximum atomic E-state index is 13.7. The van der Waals surface area contributed by atoms with E-state index in [2.05, 4.69) is 6.92 Å². The van der Waals surface area contributed by atoms with Gasteiger partial charge in [-0.15, -0.1) is 0 Å². The van der Waals surface area contributed by atoms with Crippen molar-refractivity contribution < 1.29 is 22.0 Å². The van der Waals surface area contributed by atoms with Crippen molar-refractivity contribution in [1.29, 1.82) is 0 Å². The second-order valence-electron chi connectivity index (χ2n) is 6.79. The molecule has 0 amide bonds. The lowest BCUT2D eigenvalue weighted by Crippen LogP contribution is -2.45. The van der Waals surface area contributed by atoms with Crippen molar-refractivity contribution in [2.45, 2.75) is 90.2 Å². The zero-order valence-corrected chi connectivity index (χ0v) is 13.7. The third-order valence-corrected chi connectivity index (χ3v) is 5.14. The summed E-state index contributed by atoms with van der Waals surface area (Å²) in [5.74, 6) is -6.52. The van der Waals surface area contributed by atoms with E-state index in [9.17, 15) is 22.0 Å². The summed E-state index contributed by atoms with van der Waals surface area (Å²) in [7, 11) is 0. The fourth-order valence-corrected chi connectivity index (χ4v) is 3.73. The number of hydrogen-bond donors (Lipinski definition) is 0. The van der Waals surface area contributed by atoms with E-state index in [-0.39, 0.29) is 12.3 Å². The normalized spacial score (nSPS) is 26.6. The van der Waals surface area contributed by atoms with Crippen LogP contribution in [0.5, 0.6) is 0 Å². The van der Waals surface area contributed by atoms with Crippen LogP contribution in [0.25, 0.3) is 0 Å². The summed E-state index contributed by atoms with van der Waals surface area (Å²) >= 11 is 0. The Kier molecular flexibility index (Phi) is 7.60. The average molecular weight is 328 g/mol. The van der Waals surface area contributed by atoms with Gasteiger partial charge in [0.25, 0.3) is 0 Å². The highest BCUT2D eigenvalue weighted by Crippen LogP contribution is 2.53. The lowest BCUT2D eigenvalue weighted by Gasteiger charge is -2.30. The molecule has 1 saturated carbocycles. The molecule has 0 nitrogen and oxygen atoms in total. The lowest BCUT2D eigenvalue weighted by molar-refractivity contribution is -0.306. The van der Waals surface area contributed by atoms with Crippen LogP contribution >= 0.6 is 0 Å². The lowest BCUT2D eigenvalue weighted by atomic mass is 9.85. The molecule has 1 rings (SSSR count). The van der Waals surface area contributed by atoms with E-state index in [1.807, 2.05) is 6.92 Å². The molecule has 0 bridgehead atoms. The molecule has 0 spiro atoms. The molecular weight excluding hydrogens is 299 g/mol. The van der Waals surface area contributed by atoms with E-state index in [1.54, 1.807) is 0 Å². The summed E-state index contributed by atoms with van der Waals surface area (Å²) in [6.45, 7) is 3.99. The highest BCUT2D eigenvalue weighted by molar-refractivity contribution is 4.94. The van der Waals surface area contributed by atoms with Crippen molar-refractivity contribution >= 4 is 0 Å². The Morgan fingerprint density at radius 2 is 1.41 bits per heavy atom. The summed E-state index contributed by atoms with van der Waals surface area (Å²) in [6, 6.07) is 0. The first-order valence-corrected chi connectivity index (χ1v) is 8.68. The number of hydrogen-bond acceptors (Lipinski definition) is 0. The molecule has 132 valence electrons. The number of unbranched alkanes of at least 4 members (excludes halogenated alkanes) is 5. The zero-order chi connectivity index (χ0) is 16.8. The molecule has 0 aromatic carbocycles. The smallest absolute Gasteiger partial charge is 0.196 e. The second-order valence-corrected chi connectivity index (χ2v) is 6.79. The van der Waals surface area contributed by atoms with E-state index < -0.39 is 23.9 Å². The van der Waals surface area contributed by atoms with Crippen LogP contribution in [0.2, 0.25) is 0 Å². The summed E-state index contributed by atoms with van der Waals surface area (Å²) in [6.07, 6.45) is 2.53. The fourth-order valence-electron chi connectivity index (χ4n) is 3.73. The van der Waals surface area contributed by atoms with Crippen molar-refractivity contribution in [2.24, 2.45) is 17.8 Å². The van der Waals surface area contributed by atoms with E-state index in [0.29, 0.717) is 19.3 Å². The van der Waals surface area contributed by atoms with Crippen LogP contribution in [0.15, 0.2) is 0 Å². The molecule has 0 saturated heterocycles. The molecule has 5 heteroatoms.